The Labute approximate surface area is 159 Å². The molecule has 2 aromatic carbocycles. The fraction of sp³-hybridized carbons (Fsp3) is 0.200. The lowest BCUT2D eigenvalue weighted by molar-refractivity contribution is 0.0636. The van der Waals surface area contributed by atoms with Crippen LogP contribution in [0.1, 0.15) is 20.8 Å². The summed E-state index contributed by atoms with van der Waals surface area (Å²) in [6.07, 6.45) is 1.06. The SMILES string of the molecule is CC(C)(C)OC(=O)Nc1ncc(-c2ccc(-c3cccc(F)c3F)cc2)s1. The monoisotopic (exact) mass is 388 g/mol. The summed E-state index contributed by atoms with van der Waals surface area (Å²) in [4.78, 5) is 16.8. The highest BCUT2D eigenvalue weighted by Gasteiger charge is 2.17. The zero-order valence-corrected chi connectivity index (χ0v) is 15.9. The maximum Gasteiger partial charge on any atom is 0.413 e. The van der Waals surface area contributed by atoms with Crippen LogP contribution in [-0.2, 0) is 4.74 Å². The maximum atomic E-state index is 13.9. The van der Waals surface area contributed by atoms with E-state index in [4.69, 9.17) is 4.74 Å². The van der Waals surface area contributed by atoms with Crippen LogP contribution >= 0.6 is 11.3 Å². The molecule has 1 aromatic heterocycles. The third kappa shape index (κ3) is 4.68. The summed E-state index contributed by atoms with van der Waals surface area (Å²) in [5, 5.41) is 3.01. The number of nitrogens with one attached hydrogen (secondary N) is 1. The van der Waals surface area contributed by atoms with E-state index in [2.05, 4.69) is 10.3 Å². The number of aromatic nitrogens is 1. The van der Waals surface area contributed by atoms with Crippen molar-refractivity contribution in [2.45, 2.75) is 26.4 Å². The molecule has 27 heavy (non-hydrogen) atoms. The Morgan fingerprint density at radius 2 is 1.74 bits per heavy atom. The molecule has 1 N–H and O–H groups in total. The summed E-state index contributed by atoms with van der Waals surface area (Å²) in [5.41, 5.74) is 1.04. The van der Waals surface area contributed by atoms with E-state index in [0.717, 1.165) is 16.5 Å². The lowest BCUT2D eigenvalue weighted by atomic mass is 10.0. The smallest absolute Gasteiger partial charge is 0.413 e. The summed E-state index contributed by atoms with van der Waals surface area (Å²) in [5.74, 6) is -1.75. The van der Waals surface area contributed by atoms with Crippen LogP contribution in [0, 0.1) is 11.6 Å². The summed E-state index contributed by atoms with van der Waals surface area (Å²) < 4.78 is 32.5. The molecule has 4 nitrogen and oxygen atoms in total. The number of nitrogens with zero attached hydrogens (tertiary/aromatic N) is 1. The van der Waals surface area contributed by atoms with E-state index >= 15 is 0 Å². The molecule has 0 radical (unpaired) electrons. The van der Waals surface area contributed by atoms with E-state index in [-0.39, 0.29) is 5.56 Å². The molecule has 1 amide bonds. The van der Waals surface area contributed by atoms with E-state index in [1.165, 1.54) is 23.5 Å². The van der Waals surface area contributed by atoms with Crippen molar-refractivity contribution in [2.75, 3.05) is 5.32 Å². The van der Waals surface area contributed by atoms with Crippen molar-refractivity contribution in [1.82, 2.24) is 4.98 Å². The molecule has 0 saturated carbocycles. The van der Waals surface area contributed by atoms with Gasteiger partial charge in [-0.05, 0) is 38.0 Å². The van der Waals surface area contributed by atoms with Gasteiger partial charge in [0, 0.05) is 11.8 Å². The number of hydrogen-bond donors (Lipinski definition) is 1. The number of amides is 1. The topological polar surface area (TPSA) is 51.2 Å². The van der Waals surface area contributed by atoms with Crippen molar-refractivity contribution in [3.05, 3.63) is 60.3 Å². The molecule has 0 bridgehead atoms. The molecule has 1 heterocycles. The van der Waals surface area contributed by atoms with Crippen LogP contribution in [0.4, 0.5) is 18.7 Å². The van der Waals surface area contributed by atoms with Gasteiger partial charge in [-0.1, -0.05) is 47.7 Å². The fourth-order valence-electron chi connectivity index (χ4n) is 2.40. The molecule has 0 saturated heterocycles. The van der Waals surface area contributed by atoms with Crippen molar-refractivity contribution in [3.8, 4) is 21.6 Å². The first-order chi connectivity index (χ1) is 12.7. The predicted octanol–water partition coefficient (Wildman–Crippen LogP) is 6.10. The largest absolute Gasteiger partial charge is 0.444 e. The fourth-order valence-corrected chi connectivity index (χ4v) is 3.20. The van der Waals surface area contributed by atoms with Crippen molar-refractivity contribution in [2.24, 2.45) is 0 Å². The zero-order valence-electron chi connectivity index (χ0n) is 15.0. The van der Waals surface area contributed by atoms with E-state index in [0.29, 0.717) is 10.7 Å². The lowest BCUT2D eigenvalue weighted by Gasteiger charge is -2.18. The Balaban J connectivity index is 1.76. The van der Waals surface area contributed by atoms with Crippen molar-refractivity contribution in [1.29, 1.82) is 0 Å². The summed E-state index contributed by atoms with van der Waals surface area (Å²) in [6.45, 7) is 5.34. The summed E-state index contributed by atoms with van der Waals surface area (Å²) in [7, 11) is 0. The Hall–Kier alpha value is -2.80. The summed E-state index contributed by atoms with van der Waals surface area (Å²) >= 11 is 1.29. The van der Waals surface area contributed by atoms with Gasteiger partial charge in [-0.3, -0.25) is 5.32 Å². The third-order valence-electron chi connectivity index (χ3n) is 3.55. The Kier molecular flexibility index (Phi) is 5.23. The van der Waals surface area contributed by atoms with Gasteiger partial charge in [0.1, 0.15) is 5.60 Å². The number of rotatable bonds is 3. The van der Waals surface area contributed by atoms with Crippen LogP contribution in [0.5, 0.6) is 0 Å². The average molecular weight is 388 g/mol. The van der Waals surface area contributed by atoms with Gasteiger partial charge in [0.25, 0.3) is 0 Å². The molecule has 0 fully saturated rings. The van der Waals surface area contributed by atoms with Crippen LogP contribution in [0.3, 0.4) is 0 Å². The van der Waals surface area contributed by atoms with E-state index in [1.54, 1.807) is 51.2 Å². The maximum absolute atomic E-state index is 13.9. The van der Waals surface area contributed by atoms with Crippen molar-refractivity contribution >= 4 is 22.6 Å². The van der Waals surface area contributed by atoms with Gasteiger partial charge in [-0.25, -0.2) is 18.6 Å². The van der Waals surface area contributed by atoms with Gasteiger partial charge in [-0.15, -0.1) is 0 Å². The number of halogens is 2. The zero-order chi connectivity index (χ0) is 19.6. The number of carbonyl (C=O) groups excluding carboxylic acids is 1. The van der Waals surface area contributed by atoms with Crippen LogP contribution in [0.15, 0.2) is 48.7 Å². The number of benzene rings is 2. The molecule has 0 unspecified atom stereocenters. The number of hydrogen-bond acceptors (Lipinski definition) is 4. The minimum absolute atomic E-state index is 0.207. The second-order valence-corrected chi connectivity index (χ2v) is 7.87. The predicted molar refractivity (Wildman–Crippen MR) is 103 cm³/mol. The number of ether oxygens (including phenoxy) is 1. The highest BCUT2D eigenvalue weighted by Crippen LogP contribution is 2.32. The molecule has 0 aliphatic carbocycles. The van der Waals surface area contributed by atoms with Gasteiger partial charge in [0.15, 0.2) is 16.8 Å². The highest BCUT2D eigenvalue weighted by molar-refractivity contribution is 7.19. The Morgan fingerprint density at radius 3 is 2.41 bits per heavy atom. The van der Waals surface area contributed by atoms with Gasteiger partial charge in [0.05, 0.1) is 4.88 Å². The van der Waals surface area contributed by atoms with Crippen LogP contribution in [0.2, 0.25) is 0 Å². The molecular weight excluding hydrogens is 370 g/mol. The van der Waals surface area contributed by atoms with Gasteiger partial charge < -0.3 is 4.74 Å². The molecule has 140 valence electrons. The molecular formula is C20H18F2N2O2S. The molecule has 0 spiro atoms. The highest BCUT2D eigenvalue weighted by atomic mass is 32.1. The van der Waals surface area contributed by atoms with Crippen molar-refractivity contribution < 1.29 is 18.3 Å². The number of anilines is 1. The first-order valence-corrected chi connectivity index (χ1v) is 9.05. The van der Waals surface area contributed by atoms with Crippen LogP contribution in [-0.4, -0.2) is 16.7 Å². The Bertz CT molecular complexity index is 963. The average Bonchev–Trinajstić information content (AvgIpc) is 3.04. The molecule has 0 atom stereocenters. The number of thiazole rings is 1. The third-order valence-corrected chi connectivity index (χ3v) is 4.51. The summed E-state index contributed by atoms with van der Waals surface area (Å²) in [6, 6.07) is 11.1. The van der Waals surface area contributed by atoms with Gasteiger partial charge >= 0.3 is 6.09 Å². The lowest BCUT2D eigenvalue weighted by Crippen LogP contribution is -2.27. The Morgan fingerprint density at radius 1 is 1.07 bits per heavy atom. The normalized spacial score (nSPS) is 11.3. The van der Waals surface area contributed by atoms with Crippen molar-refractivity contribution in [3.63, 3.8) is 0 Å². The minimum atomic E-state index is -0.878. The molecule has 7 heteroatoms. The van der Waals surface area contributed by atoms with Gasteiger partial charge in [-0.2, -0.15) is 0 Å². The standard InChI is InChI=1S/C20H18F2N2O2S/c1-20(2,3)26-19(25)24-18-23-11-16(27-18)13-9-7-12(8-10-13)14-5-4-6-15(21)17(14)22/h4-11H,1-3H3,(H,23,24,25). The van der Waals surface area contributed by atoms with Crippen LogP contribution in [0.25, 0.3) is 21.6 Å². The minimum Gasteiger partial charge on any atom is -0.444 e. The first kappa shape index (κ1) is 19.0. The quantitative estimate of drug-likeness (QED) is 0.590. The van der Waals surface area contributed by atoms with E-state index < -0.39 is 23.3 Å². The van der Waals surface area contributed by atoms with E-state index in [9.17, 15) is 13.6 Å². The van der Waals surface area contributed by atoms with Crippen LogP contribution < -0.4 is 5.32 Å². The van der Waals surface area contributed by atoms with Gasteiger partial charge in [0.2, 0.25) is 0 Å². The second kappa shape index (κ2) is 7.44. The second-order valence-electron chi connectivity index (χ2n) is 6.84. The molecule has 3 aromatic rings. The van der Waals surface area contributed by atoms with E-state index in [1.807, 2.05) is 0 Å². The molecule has 0 aliphatic rings. The molecule has 0 aliphatic heterocycles. The molecule has 3 rings (SSSR count). The number of carbonyl (C=O) groups is 1. The first-order valence-electron chi connectivity index (χ1n) is 8.23.